The molecule has 3 unspecified atom stereocenters. The molecule has 2 nitrogen and oxygen atoms in total. The maximum atomic E-state index is 13.0. The lowest BCUT2D eigenvalue weighted by Gasteiger charge is -2.37. The molecule has 1 aromatic carbocycles. The van der Waals surface area contributed by atoms with E-state index < -0.39 is 0 Å². The van der Waals surface area contributed by atoms with Crippen molar-refractivity contribution < 1.29 is 4.39 Å². The highest BCUT2D eigenvalue weighted by molar-refractivity contribution is 5.20. The number of hydrogen-bond acceptors (Lipinski definition) is 2. The van der Waals surface area contributed by atoms with E-state index in [9.17, 15) is 4.39 Å². The van der Waals surface area contributed by atoms with Crippen LogP contribution in [0.5, 0.6) is 0 Å². The predicted octanol–water partition coefficient (Wildman–Crippen LogP) is 3.35. The van der Waals surface area contributed by atoms with Gasteiger partial charge in [-0.2, -0.15) is 0 Å². The Morgan fingerprint density at radius 3 is 2.63 bits per heavy atom. The summed E-state index contributed by atoms with van der Waals surface area (Å²) in [5.74, 6) is -0.161. The van der Waals surface area contributed by atoms with E-state index in [0.717, 1.165) is 13.0 Å². The van der Waals surface area contributed by atoms with Crippen LogP contribution in [0, 0.1) is 5.82 Å². The van der Waals surface area contributed by atoms with Gasteiger partial charge in [-0.05, 0) is 57.5 Å². The number of piperidine rings is 1. The summed E-state index contributed by atoms with van der Waals surface area (Å²) in [7, 11) is 2.19. The number of halogens is 1. The van der Waals surface area contributed by atoms with E-state index in [-0.39, 0.29) is 5.82 Å². The number of likely N-dealkylation sites (tertiary alicyclic amines) is 1. The molecule has 0 bridgehead atoms. The van der Waals surface area contributed by atoms with Gasteiger partial charge in [0.2, 0.25) is 0 Å². The van der Waals surface area contributed by atoms with Crippen LogP contribution in [0.1, 0.15) is 44.7 Å². The molecule has 2 rings (SSSR count). The van der Waals surface area contributed by atoms with Crippen LogP contribution >= 0.6 is 0 Å². The zero-order valence-corrected chi connectivity index (χ0v) is 12.2. The molecule has 1 fully saturated rings. The Kier molecular flexibility index (Phi) is 4.94. The van der Waals surface area contributed by atoms with Gasteiger partial charge in [-0.25, -0.2) is 4.39 Å². The topological polar surface area (TPSA) is 15.3 Å². The molecule has 19 heavy (non-hydrogen) atoms. The lowest BCUT2D eigenvalue weighted by atomic mass is 9.96. The highest BCUT2D eigenvalue weighted by Gasteiger charge is 2.24. The van der Waals surface area contributed by atoms with Crippen LogP contribution in [0.4, 0.5) is 4.39 Å². The molecule has 3 atom stereocenters. The van der Waals surface area contributed by atoms with Crippen LogP contribution < -0.4 is 5.32 Å². The summed E-state index contributed by atoms with van der Waals surface area (Å²) in [5.41, 5.74) is 1.19. The van der Waals surface area contributed by atoms with Crippen molar-refractivity contribution in [1.82, 2.24) is 10.2 Å². The van der Waals surface area contributed by atoms with Gasteiger partial charge in [-0.15, -0.1) is 0 Å². The quantitative estimate of drug-likeness (QED) is 0.897. The second-order valence-electron chi connectivity index (χ2n) is 5.73. The van der Waals surface area contributed by atoms with Gasteiger partial charge in [0, 0.05) is 18.1 Å². The van der Waals surface area contributed by atoms with Crippen LogP contribution in [0.3, 0.4) is 0 Å². The van der Waals surface area contributed by atoms with Crippen molar-refractivity contribution in [3.05, 3.63) is 35.6 Å². The number of nitrogens with zero attached hydrogens (tertiary/aromatic N) is 1. The second kappa shape index (κ2) is 6.49. The summed E-state index contributed by atoms with van der Waals surface area (Å²) < 4.78 is 13.0. The molecule has 106 valence electrons. The Balaban J connectivity index is 1.97. The van der Waals surface area contributed by atoms with E-state index in [2.05, 4.69) is 31.1 Å². The van der Waals surface area contributed by atoms with Crippen LogP contribution in [-0.4, -0.2) is 30.6 Å². The van der Waals surface area contributed by atoms with Crippen LogP contribution in [0.25, 0.3) is 0 Å². The normalized spacial score (nSPS) is 26.3. The van der Waals surface area contributed by atoms with Crippen molar-refractivity contribution >= 4 is 0 Å². The first-order chi connectivity index (χ1) is 9.10. The van der Waals surface area contributed by atoms with Crippen molar-refractivity contribution in [2.24, 2.45) is 0 Å². The van der Waals surface area contributed by atoms with Crippen LogP contribution in [-0.2, 0) is 0 Å². The van der Waals surface area contributed by atoms with Gasteiger partial charge in [0.1, 0.15) is 5.82 Å². The summed E-state index contributed by atoms with van der Waals surface area (Å²) >= 11 is 0. The Morgan fingerprint density at radius 1 is 1.37 bits per heavy atom. The van der Waals surface area contributed by atoms with Crippen LogP contribution in [0.2, 0.25) is 0 Å². The number of rotatable bonds is 4. The molecule has 0 saturated carbocycles. The minimum Gasteiger partial charge on any atom is -0.307 e. The van der Waals surface area contributed by atoms with Crippen molar-refractivity contribution in [2.75, 3.05) is 13.6 Å². The molecule has 1 N–H and O–H groups in total. The summed E-state index contributed by atoms with van der Waals surface area (Å²) in [4.78, 5) is 2.41. The first-order valence-electron chi connectivity index (χ1n) is 7.32. The Hall–Kier alpha value is -0.930. The Bertz CT molecular complexity index is 390. The minimum absolute atomic E-state index is 0.161. The largest absolute Gasteiger partial charge is 0.307 e. The van der Waals surface area contributed by atoms with E-state index in [4.69, 9.17) is 0 Å². The third kappa shape index (κ3) is 3.77. The van der Waals surface area contributed by atoms with Crippen molar-refractivity contribution in [2.45, 2.75) is 51.2 Å². The summed E-state index contributed by atoms with van der Waals surface area (Å²) in [6.07, 6.45) is 3.42. The van der Waals surface area contributed by atoms with Gasteiger partial charge in [0.25, 0.3) is 0 Å². The smallest absolute Gasteiger partial charge is 0.123 e. The molecule has 1 aliphatic heterocycles. The average molecular weight is 264 g/mol. The van der Waals surface area contributed by atoms with E-state index >= 15 is 0 Å². The molecule has 1 aromatic rings. The molecule has 3 heteroatoms. The molecular formula is C16H25FN2. The van der Waals surface area contributed by atoms with Gasteiger partial charge in [-0.1, -0.05) is 19.1 Å². The van der Waals surface area contributed by atoms with Gasteiger partial charge >= 0.3 is 0 Å². The van der Waals surface area contributed by atoms with Crippen molar-refractivity contribution in [1.29, 1.82) is 0 Å². The highest BCUT2D eigenvalue weighted by Crippen LogP contribution is 2.22. The zero-order chi connectivity index (χ0) is 13.8. The van der Waals surface area contributed by atoms with E-state index in [1.807, 2.05) is 12.1 Å². The molecule has 0 spiro atoms. The van der Waals surface area contributed by atoms with E-state index in [1.165, 1.54) is 18.4 Å². The summed E-state index contributed by atoms with van der Waals surface area (Å²) in [6, 6.07) is 8.44. The Morgan fingerprint density at radius 2 is 2.05 bits per heavy atom. The number of nitrogens with one attached hydrogen (secondary N) is 1. The molecule has 1 saturated heterocycles. The molecule has 1 heterocycles. The van der Waals surface area contributed by atoms with Gasteiger partial charge in [-0.3, -0.25) is 0 Å². The maximum Gasteiger partial charge on any atom is 0.123 e. The monoisotopic (exact) mass is 264 g/mol. The van der Waals surface area contributed by atoms with Gasteiger partial charge in [0.15, 0.2) is 0 Å². The van der Waals surface area contributed by atoms with E-state index in [1.54, 1.807) is 12.1 Å². The van der Waals surface area contributed by atoms with Crippen LogP contribution in [0.15, 0.2) is 24.3 Å². The van der Waals surface area contributed by atoms with Gasteiger partial charge in [0.05, 0.1) is 0 Å². The SMILES string of the molecule is CCC(NC1CCN(C)C(C)C1)c1ccc(F)cc1. The standard InChI is InChI=1S/C16H25FN2/c1-4-16(13-5-7-14(17)8-6-13)18-15-9-10-19(3)12(2)11-15/h5-8,12,15-16,18H,4,9-11H2,1-3H3. The fourth-order valence-electron chi connectivity index (χ4n) is 2.87. The second-order valence-corrected chi connectivity index (χ2v) is 5.73. The van der Waals surface area contributed by atoms with Crippen molar-refractivity contribution in [3.8, 4) is 0 Å². The average Bonchev–Trinajstić information content (AvgIpc) is 2.41. The highest BCUT2D eigenvalue weighted by atomic mass is 19.1. The summed E-state index contributed by atoms with van der Waals surface area (Å²) in [6.45, 7) is 5.62. The zero-order valence-electron chi connectivity index (χ0n) is 12.2. The lowest BCUT2D eigenvalue weighted by Crippen LogP contribution is -2.46. The fourth-order valence-corrected chi connectivity index (χ4v) is 2.87. The van der Waals surface area contributed by atoms with E-state index in [0.29, 0.717) is 18.1 Å². The maximum absolute atomic E-state index is 13.0. The molecule has 0 aliphatic carbocycles. The summed E-state index contributed by atoms with van der Waals surface area (Å²) in [5, 5.41) is 3.74. The Labute approximate surface area is 116 Å². The molecule has 0 aromatic heterocycles. The fraction of sp³-hybridized carbons (Fsp3) is 0.625. The minimum atomic E-state index is -0.161. The molecule has 0 radical (unpaired) electrons. The lowest BCUT2D eigenvalue weighted by molar-refractivity contribution is 0.161. The molecular weight excluding hydrogens is 239 g/mol. The molecule has 1 aliphatic rings. The first kappa shape index (κ1) is 14.5. The first-order valence-corrected chi connectivity index (χ1v) is 7.32. The third-order valence-corrected chi connectivity index (χ3v) is 4.33. The van der Waals surface area contributed by atoms with Gasteiger partial charge < -0.3 is 10.2 Å². The third-order valence-electron chi connectivity index (χ3n) is 4.33. The predicted molar refractivity (Wildman–Crippen MR) is 77.7 cm³/mol. The molecule has 0 amide bonds. The van der Waals surface area contributed by atoms with Crippen molar-refractivity contribution in [3.63, 3.8) is 0 Å². The number of hydrogen-bond donors (Lipinski definition) is 1. The number of benzene rings is 1.